The topological polar surface area (TPSA) is 20.2 Å². The highest BCUT2D eigenvalue weighted by Gasteiger charge is 2.26. The summed E-state index contributed by atoms with van der Waals surface area (Å²) in [5.74, 6) is 0.456. The summed E-state index contributed by atoms with van der Waals surface area (Å²) in [6, 6.07) is 20.6. The molecular weight excluding hydrogens is 232 g/mol. The fourth-order valence-corrected chi connectivity index (χ4v) is 2.82. The molecule has 96 valence electrons. The second-order valence-electron chi connectivity index (χ2n) is 5.14. The highest BCUT2D eigenvalue weighted by atomic mass is 16.3. The van der Waals surface area contributed by atoms with E-state index in [2.05, 4.69) is 48.6 Å². The summed E-state index contributed by atoms with van der Waals surface area (Å²) in [6.45, 7) is 0. The third kappa shape index (κ3) is 2.61. The summed E-state index contributed by atoms with van der Waals surface area (Å²) < 4.78 is 0. The van der Waals surface area contributed by atoms with Gasteiger partial charge in [-0.3, -0.25) is 0 Å². The van der Waals surface area contributed by atoms with E-state index >= 15 is 0 Å². The van der Waals surface area contributed by atoms with Crippen LogP contribution in [0.5, 0.6) is 0 Å². The van der Waals surface area contributed by atoms with E-state index in [0.29, 0.717) is 5.92 Å². The van der Waals surface area contributed by atoms with Gasteiger partial charge in [0.2, 0.25) is 0 Å². The summed E-state index contributed by atoms with van der Waals surface area (Å²) in [5.41, 5.74) is 2.47. The summed E-state index contributed by atoms with van der Waals surface area (Å²) in [5, 5.41) is 10.4. The van der Waals surface area contributed by atoms with Crippen LogP contribution in [0.25, 0.3) is 0 Å². The predicted octanol–water partition coefficient (Wildman–Crippen LogP) is 3.87. The Balaban J connectivity index is 1.83. The molecule has 1 nitrogen and oxygen atoms in total. The molecule has 1 aliphatic rings. The van der Waals surface area contributed by atoms with Gasteiger partial charge in [-0.05, 0) is 17.5 Å². The van der Waals surface area contributed by atoms with E-state index < -0.39 is 0 Å². The van der Waals surface area contributed by atoms with Gasteiger partial charge in [-0.15, -0.1) is 0 Å². The average molecular weight is 250 g/mol. The lowest BCUT2D eigenvalue weighted by Crippen LogP contribution is -2.23. The average Bonchev–Trinajstić information content (AvgIpc) is 2.49. The summed E-state index contributed by atoms with van der Waals surface area (Å²) in [7, 11) is 0. The van der Waals surface area contributed by atoms with Crippen LogP contribution >= 0.6 is 0 Å². The maximum absolute atomic E-state index is 10.4. The van der Waals surface area contributed by atoms with E-state index in [1.165, 1.54) is 11.1 Å². The number of rotatable bonds is 2. The second-order valence-corrected chi connectivity index (χ2v) is 5.14. The highest BCUT2D eigenvalue weighted by molar-refractivity contribution is 5.32. The van der Waals surface area contributed by atoms with Crippen LogP contribution in [0.15, 0.2) is 72.8 Å². The monoisotopic (exact) mass is 250 g/mol. The predicted molar refractivity (Wildman–Crippen MR) is 78.1 cm³/mol. The Hall–Kier alpha value is -1.86. The first-order valence-electron chi connectivity index (χ1n) is 6.81. The van der Waals surface area contributed by atoms with Gasteiger partial charge in [-0.2, -0.15) is 0 Å². The lowest BCUT2D eigenvalue weighted by molar-refractivity contribution is 0.139. The van der Waals surface area contributed by atoms with E-state index in [0.717, 1.165) is 6.42 Å². The number of hydrogen-bond acceptors (Lipinski definition) is 1. The van der Waals surface area contributed by atoms with Gasteiger partial charge in [0.15, 0.2) is 0 Å². The van der Waals surface area contributed by atoms with Crippen molar-refractivity contribution in [3.05, 3.63) is 83.9 Å². The maximum Gasteiger partial charge on any atom is 0.0652 e. The molecule has 2 aromatic rings. The van der Waals surface area contributed by atoms with Crippen molar-refractivity contribution in [3.63, 3.8) is 0 Å². The van der Waals surface area contributed by atoms with Gasteiger partial charge in [-0.1, -0.05) is 72.8 Å². The Morgan fingerprint density at radius 2 is 1.32 bits per heavy atom. The molecule has 1 aliphatic carbocycles. The van der Waals surface area contributed by atoms with Crippen LogP contribution in [-0.4, -0.2) is 11.2 Å². The smallest absolute Gasteiger partial charge is 0.0652 e. The van der Waals surface area contributed by atoms with Crippen molar-refractivity contribution in [1.29, 1.82) is 0 Å². The molecule has 0 aromatic heterocycles. The number of aliphatic hydroxyl groups excluding tert-OH is 1. The molecule has 0 bridgehead atoms. The number of benzene rings is 2. The van der Waals surface area contributed by atoms with Crippen LogP contribution in [0.3, 0.4) is 0 Å². The van der Waals surface area contributed by atoms with Crippen molar-refractivity contribution in [2.45, 2.75) is 24.4 Å². The molecule has 0 aliphatic heterocycles. The molecule has 0 spiro atoms. The van der Waals surface area contributed by atoms with Gasteiger partial charge in [0.25, 0.3) is 0 Å². The van der Waals surface area contributed by atoms with Crippen LogP contribution in [-0.2, 0) is 0 Å². The number of allylic oxidation sites excluding steroid dienone is 1. The first-order valence-corrected chi connectivity index (χ1v) is 6.81. The molecule has 0 heterocycles. The quantitative estimate of drug-likeness (QED) is 0.802. The molecule has 3 rings (SSSR count). The highest BCUT2D eigenvalue weighted by Crippen LogP contribution is 2.35. The minimum atomic E-state index is -0.308. The van der Waals surface area contributed by atoms with Crippen LogP contribution in [0, 0.1) is 0 Å². The number of hydrogen-bond donors (Lipinski definition) is 1. The fourth-order valence-electron chi connectivity index (χ4n) is 2.82. The zero-order chi connectivity index (χ0) is 13.1. The fraction of sp³-hybridized carbons (Fsp3) is 0.222. The molecule has 0 amide bonds. The summed E-state index contributed by atoms with van der Waals surface area (Å²) in [4.78, 5) is 0. The molecule has 0 saturated carbocycles. The van der Waals surface area contributed by atoms with Crippen molar-refractivity contribution < 1.29 is 5.11 Å². The molecular formula is C18H18O. The van der Waals surface area contributed by atoms with Crippen LogP contribution in [0.1, 0.15) is 29.4 Å². The lowest BCUT2D eigenvalue weighted by Gasteiger charge is -2.28. The van der Waals surface area contributed by atoms with Gasteiger partial charge >= 0.3 is 0 Å². The second kappa shape index (κ2) is 5.41. The summed E-state index contributed by atoms with van der Waals surface area (Å²) in [6.07, 6.45) is 4.87. The largest absolute Gasteiger partial charge is 0.392 e. The van der Waals surface area contributed by atoms with Crippen LogP contribution in [0.4, 0.5) is 0 Å². The van der Waals surface area contributed by atoms with Crippen molar-refractivity contribution in [2.75, 3.05) is 0 Å². The molecule has 0 unspecified atom stereocenters. The minimum absolute atomic E-state index is 0.126. The first kappa shape index (κ1) is 12.2. The van der Waals surface area contributed by atoms with Gasteiger partial charge in [0.05, 0.1) is 6.10 Å². The zero-order valence-electron chi connectivity index (χ0n) is 10.8. The Labute approximate surface area is 114 Å². The maximum atomic E-state index is 10.4. The standard InChI is InChI=1S/C18H18O/c19-18-13-16(14-7-3-1-4-8-14)11-12-17(18)15-9-5-2-6-10-15/h1-12,16-19H,13H2/t16-,17-,18+/m0/s1. The Bertz CT molecular complexity index is 544. The van der Waals surface area contributed by atoms with E-state index in [1.54, 1.807) is 0 Å². The Kier molecular flexibility index (Phi) is 3.47. The number of aliphatic hydroxyl groups is 1. The normalized spacial score (nSPS) is 26.3. The SMILES string of the molecule is O[C@@H]1C[C@@H](c2ccccc2)C=C[C@H]1c1ccccc1. The molecule has 1 heteroatoms. The van der Waals surface area contributed by atoms with Crippen molar-refractivity contribution in [2.24, 2.45) is 0 Å². The van der Waals surface area contributed by atoms with Gasteiger partial charge in [0.1, 0.15) is 0 Å². The molecule has 1 N–H and O–H groups in total. The Morgan fingerprint density at radius 1 is 0.737 bits per heavy atom. The minimum Gasteiger partial charge on any atom is -0.392 e. The van der Waals surface area contributed by atoms with E-state index in [1.807, 2.05) is 24.3 Å². The molecule has 3 atom stereocenters. The Morgan fingerprint density at radius 3 is 1.89 bits per heavy atom. The zero-order valence-corrected chi connectivity index (χ0v) is 10.8. The third-order valence-corrected chi connectivity index (χ3v) is 3.87. The van der Waals surface area contributed by atoms with Gasteiger partial charge in [0, 0.05) is 11.8 Å². The van der Waals surface area contributed by atoms with Crippen LogP contribution in [0.2, 0.25) is 0 Å². The first-order chi connectivity index (χ1) is 9.34. The molecule has 2 aromatic carbocycles. The van der Waals surface area contributed by atoms with Gasteiger partial charge in [-0.25, -0.2) is 0 Å². The van der Waals surface area contributed by atoms with Crippen LogP contribution < -0.4 is 0 Å². The van der Waals surface area contributed by atoms with E-state index in [4.69, 9.17) is 0 Å². The molecule has 19 heavy (non-hydrogen) atoms. The molecule has 0 radical (unpaired) electrons. The van der Waals surface area contributed by atoms with Gasteiger partial charge < -0.3 is 5.11 Å². The van der Waals surface area contributed by atoms with Crippen molar-refractivity contribution in [3.8, 4) is 0 Å². The lowest BCUT2D eigenvalue weighted by atomic mass is 9.79. The van der Waals surface area contributed by atoms with Crippen molar-refractivity contribution in [1.82, 2.24) is 0 Å². The third-order valence-electron chi connectivity index (χ3n) is 3.87. The summed E-state index contributed by atoms with van der Waals surface area (Å²) >= 11 is 0. The van der Waals surface area contributed by atoms with E-state index in [-0.39, 0.29) is 12.0 Å². The van der Waals surface area contributed by atoms with Crippen molar-refractivity contribution >= 4 is 0 Å². The molecule has 0 saturated heterocycles. The molecule has 0 fully saturated rings. The van der Waals surface area contributed by atoms with E-state index in [9.17, 15) is 5.11 Å².